The first-order chi connectivity index (χ1) is 21.8. The Morgan fingerprint density at radius 2 is 1.73 bits per heavy atom. The summed E-state index contributed by atoms with van der Waals surface area (Å²) in [5, 5.41) is 15.6. The van der Waals surface area contributed by atoms with Gasteiger partial charge in [0.1, 0.15) is 0 Å². The van der Waals surface area contributed by atoms with E-state index < -0.39 is 0 Å². The van der Waals surface area contributed by atoms with Crippen molar-refractivity contribution in [2.75, 3.05) is 30.3 Å². The molecular weight excluding hydrogens is 566 g/mol. The van der Waals surface area contributed by atoms with Crippen LogP contribution >= 0.6 is 0 Å². The average molecular weight is 608 g/mol. The smallest absolute Gasteiger partial charge is 0.293 e. The summed E-state index contributed by atoms with van der Waals surface area (Å²) in [6, 6.07) is 20.4. The van der Waals surface area contributed by atoms with Crippen molar-refractivity contribution in [3.8, 4) is 11.3 Å². The normalized spacial score (nSPS) is 13.5. The third kappa shape index (κ3) is 7.32. The molecule has 234 valence electrons. The van der Waals surface area contributed by atoms with Crippen molar-refractivity contribution in [2.24, 2.45) is 13.0 Å². The van der Waals surface area contributed by atoms with Gasteiger partial charge >= 0.3 is 0 Å². The maximum Gasteiger partial charge on any atom is 0.293 e. The number of carbonyl (C=O) groups excluding carboxylic acids is 2. The summed E-state index contributed by atoms with van der Waals surface area (Å²) in [5.41, 5.74) is 5.48. The predicted octanol–water partition coefficient (Wildman–Crippen LogP) is 5.94. The second kappa shape index (κ2) is 14.3. The molecule has 2 amide bonds. The van der Waals surface area contributed by atoms with Crippen LogP contribution in [-0.2, 0) is 13.5 Å². The quantitative estimate of drug-likeness (QED) is 0.206. The van der Waals surface area contributed by atoms with Gasteiger partial charge in [-0.3, -0.25) is 14.4 Å². The van der Waals surface area contributed by atoms with E-state index in [0.29, 0.717) is 41.3 Å². The number of aliphatic hydroxyl groups excluding tert-OH is 1. The van der Waals surface area contributed by atoms with Gasteiger partial charge in [0.2, 0.25) is 0 Å². The van der Waals surface area contributed by atoms with Crippen LogP contribution in [0.3, 0.4) is 0 Å². The van der Waals surface area contributed by atoms with Crippen LogP contribution in [0.2, 0.25) is 0 Å². The Morgan fingerprint density at radius 3 is 2.44 bits per heavy atom. The van der Waals surface area contributed by atoms with E-state index in [1.807, 2.05) is 54.3 Å². The number of nitrogens with one attached hydrogen (secondary N) is 2. The van der Waals surface area contributed by atoms with Crippen LogP contribution < -0.4 is 16.2 Å². The van der Waals surface area contributed by atoms with Crippen molar-refractivity contribution in [2.45, 2.75) is 46.0 Å². The first-order valence-electron chi connectivity index (χ1n) is 15.6. The Kier molecular flexibility index (Phi) is 10.1. The number of aromatic nitrogens is 2. The maximum atomic E-state index is 13.3. The standard InChI is InChI=1S/C36H41N5O4/c1-4-5-9-26-10-6-7-11-30(26)34(43)39-31-13-8-12-29(24(31)2)32-22-40(3)36(45)33(38-32)37-28-16-14-27(15-17-28)35(44)41-20-18-25(23-42)19-21-41/h6-8,10-17,22,25,42H,4-5,9,18-21,23H2,1-3H3,(H,37,38)(H,39,43). The number of nitrogens with zero attached hydrogens (tertiary/aromatic N) is 3. The molecule has 0 spiro atoms. The zero-order chi connectivity index (χ0) is 31.9. The van der Waals surface area contributed by atoms with Gasteiger partial charge < -0.3 is 25.2 Å². The molecule has 3 N–H and O–H groups in total. The molecule has 1 aliphatic rings. The van der Waals surface area contributed by atoms with Gasteiger partial charge in [0.25, 0.3) is 17.4 Å². The molecule has 9 heteroatoms. The lowest BCUT2D eigenvalue weighted by Crippen LogP contribution is -2.39. The molecule has 0 radical (unpaired) electrons. The van der Waals surface area contributed by atoms with Gasteiger partial charge in [0.15, 0.2) is 5.82 Å². The van der Waals surface area contributed by atoms with E-state index in [-0.39, 0.29) is 35.7 Å². The third-order valence-electron chi connectivity index (χ3n) is 8.55. The minimum atomic E-state index is -0.295. The lowest BCUT2D eigenvalue weighted by atomic mass is 9.97. The summed E-state index contributed by atoms with van der Waals surface area (Å²) >= 11 is 0. The van der Waals surface area contributed by atoms with E-state index in [9.17, 15) is 19.5 Å². The molecule has 0 aliphatic carbocycles. The SMILES string of the molecule is CCCCc1ccccc1C(=O)Nc1cccc(-c2cn(C)c(=O)c(Nc3ccc(C(=O)N4CCC(CO)CC4)cc3)n2)c1C. The summed E-state index contributed by atoms with van der Waals surface area (Å²) in [6.45, 7) is 5.49. The van der Waals surface area contributed by atoms with Crippen molar-refractivity contribution in [3.05, 3.63) is 106 Å². The fourth-order valence-corrected chi connectivity index (χ4v) is 5.72. The van der Waals surface area contributed by atoms with E-state index in [1.165, 1.54) is 4.57 Å². The Labute approximate surface area is 263 Å². The van der Waals surface area contributed by atoms with E-state index in [2.05, 4.69) is 22.5 Å². The number of carbonyl (C=O) groups is 2. The fraction of sp³-hybridized carbons (Fsp3) is 0.333. The van der Waals surface area contributed by atoms with Crippen molar-refractivity contribution < 1.29 is 14.7 Å². The van der Waals surface area contributed by atoms with Gasteiger partial charge in [-0.15, -0.1) is 0 Å². The highest BCUT2D eigenvalue weighted by molar-refractivity contribution is 6.06. The van der Waals surface area contributed by atoms with Crippen molar-refractivity contribution in [1.29, 1.82) is 0 Å². The highest BCUT2D eigenvalue weighted by atomic mass is 16.3. The zero-order valence-corrected chi connectivity index (χ0v) is 26.2. The maximum absolute atomic E-state index is 13.3. The zero-order valence-electron chi connectivity index (χ0n) is 26.2. The van der Waals surface area contributed by atoms with Gasteiger partial charge in [-0.1, -0.05) is 43.7 Å². The van der Waals surface area contributed by atoms with E-state index in [1.54, 1.807) is 37.5 Å². The number of hydrogen-bond acceptors (Lipinski definition) is 6. The van der Waals surface area contributed by atoms with Crippen LogP contribution in [0.15, 0.2) is 77.7 Å². The van der Waals surface area contributed by atoms with E-state index in [0.717, 1.165) is 48.8 Å². The average Bonchev–Trinajstić information content (AvgIpc) is 3.07. The molecule has 0 unspecified atom stereocenters. The number of unbranched alkanes of at least 4 members (excludes halogenated alkanes) is 1. The molecule has 1 saturated heterocycles. The first kappa shape index (κ1) is 31.7. The summed E-state index contributed by atoms with van der Waals surface area (Å²) in [4.78, 5) is 45.9. The first-order valence-corrected chi connectivity index (χ1v) is 15.6. The van der Waals surface area contributed by atoms with Crippen LogP contribution in [0, 0.1) is 12.8 Å². The number of rotatable bonds is 10. The molecule has 0 atom stereocenters. The lowest BCUT2D eigenvalue weighted by molar-refractivity contribution is 0.0651. The van der Waals surface area contributed by atoms with Crippen molar-refractivity contribution in [3.63, 3.8) is 0 Å². The molecule has 1 aliphatic heterocycles. The highest BCUT2D eigenvalue weighted by Gasteiger charge is 2.23. The summed E-state index contributed by atoms with van der Waals surface area (Å²) < 4.78 is 1.48. The number of benzene rings is 3. The Bertz CT molecular complexity index is 1720. The number of anilines is 3. The summed E-state index contributed by atoms with van der Waals surface area (Å²) in [7, 11) is 1.68. The van der Waals surface area contributed by atoms with Crippen LogP contribution in [-0.4, -0.2) is 51.1 Å². The molecule has 2 heterocycles. The van der Waals surface area contributed by atoms with E-state index >= 15 is 0 Å². The van der Waals surface area contributed by atoms with Crippen molar-refractivity contribution >= 4 is 29.0 Å². The van der Waals surface area contributed by atoms with Crippen LogP contribution in [0.1, 0.15) is 64.4 Å². The largest absolute Gasteiger partial charge is 0.396 e. The number of piperidine rings is 1. The van der Waals surface area contributed by atoms with E-state index in [4.69, 9.17) is 0 Å². The Hall–Kier alpha value is -4.76. The van der Waals surface area contributed by atoms with Gasteiger partial charge in [0, 0.05) is 61.0 Å². The molecule has 3 aromatic carbocycles. The van der Waals surface area contributed by atoms with Crippen LogP contribution in [0.25, 0.3) is 11.3 Å². The molecule has 1 aromatic heterocycles. The second-order valence-corrected chi connectivity index (χ2v) is 11.7. The molecule has 0 bridgehead atoms. The molecule has 0 saturated carbocycles. The number of aryl methyl sites for hydroxylation is 2. The highest BCUT2D eigenvalue weighted by Crippen LogP contribution is 2.29. The van der Waals surface area contributed by atoms with Gasteiger partial charge in [-0.25, -0.2) is 4.98 Å². The molecule has 1 fully saturated rings. The number of amides is 2. The molecule has 9 nitrogen and oxygen atoms in total. The number of likely N-dealkylation sites (tertiary alicyclic amines) is 1. The van der Waals surface area contributed by atoms with Crippen LogP contribution in [0.4, 0.5) is 17.2 Å². The second-order valence-electron chi connectivity index (χ2n) is 11.7. The summed E-state index contributed by atoms with van der Waals surface area (Å²) in [5.74, 6) is 0.211. The third-order valence-corrected chi connectivity index (χ3v) is 8.55. The lowest BCUT2D eigenvalue weighted by Gasteiger charge is -2.31. The topological polar surface area (TPSA) is 117 Å². The monoisotopic (exact) mass is 607 g/mol. The van der Waals surface area contributed by atoms with Gasteiger partial charge in [0.05, 0.1) is 5.69 Å². The van der Waals surface area contributed by atoms with Gasteiger partial charge in [-0.05, 0) is 86.1 Å². The summed E-state index contributed by atoms with van der Waals surface area (Å²) in [6.07, 6.45) is 6.20. The Balaban J connectivity index is 1.34. The minimum absolute atomic E-state index is 0.0409. The van der Waals surface area contributed by atoms with Crippen LogP contribution in [0.5, 0.6) is 0 Å². The van der Waals surface area contributed by atoms with Gasteiger partial charge in [-0.2, -0.15) is 0 Å². The molecular formula is C36H41N5O4. The molecule has 4 aromatic rings. The minimum Gasteiger partial charge on any atom is -0.396 e. The Morgan fingerprint density at radius 1 is 1.00 bits per heavy atom. The molecule has 45 heavy (non-hydrogen) atoms. The number of hydrogen-bond donors (Lipinski definition) is 3. The predicted molar refractivity (Wildman–Crippen MR) is 178 cm³/mol. The molecule has 5 rings (SSSR count). The van der Waals surface area contributed by atoms with Crippen molar-refractivity contribution in [1.82, 2.24) is 14.5 Å². The number of aliphatic hydroxyl groups is 1. The fourth-order valence-electron chi connectivity index (χ4n) is 5.72.